The minimum absolute atomic E-state index is 0.313. The van der Waals surface area contributed by atoms with Crippen molar-refractivity contribution >= 4 is 24.4 Å². The lowest BCUT2D eigenvalue weighted by molar-refractivity contribution is 0.680. The molecule has 0 fully saturated rings. The zero-order valence-electron chi connectivity index (χ0n) is 10.4. The van der Waals surface area contributed by atoms with Gasteiger partial charge in [-0.1, -0.05) is 31.9 Å². The molecule has 1 radical (unpaired) electrons. The summed E-state index contributed by atoms with van der Waals surface area (Å²) < 4.78 is 0.313. The number of thioether (sulfide) groups is 1. The average molecular weight is 269 g/mol. The van der Waals surface area contributed by atoms with Crippen molar-refractivity contribution in [2.45, 2.75) is 62.4 Å². The molecular formula is C13H21N2S2. The molecule has 1 unspecified atom stereocenters. The number of nitriles is 2. The zero-order chi connectivity index (χ0) is 12.8. The van der Waals surface area contributed by atoms with Gasteiger partial charge in [0.1, 0.15) is 0 Å². The topological polar surface area (TPSA) is 47.6 Å². The molecule has 0 aliphatic rings. The molecule has 2 nitrogen and oxygen atoms in total. The summed E-state index contributed by atoms with van der Waals surface area (Å²) in [6.45, 7) is 0. The SMILES string of the molecule is N#CCCCCCCSC([S])CCCCC#N. The van der Waals surface area contributed by atoms with Crippen molar-refractivity contribution in [2.75, 3.05) is 5.75 Å². The fourth-order valence-corrected chi connectivity index (χ4v) is 2.90. The highest BCUT2D eigenvalue weighted by Crippen LogP contribution is 2.22. The number of hydrogen-bond acceptors (Lipinski definition) is 3. The van der Waals surface area contributed by atoms with Crippen LogP contribution in [0.4, 0.5) is 0 Å². The second-order valence-electron chi connectivity index (χ2n) is 4.03. The average Bonchev–Trinajstić information content (AvgIpc) is 2.33. The van der Waals surface area contributed by atoms with Gasteiger partial charge in [-0.2, -0.15) is 10.5 Å². The molecule has 0 aromatic carbocycles. The van der Waals surface area contributed by atoms with Crippen LogP contribution in [0.5, 0.6) is 0 Å². The Balaban J connectivity index is 3.14. The highest BCUT2D eigenvalue weighted by molar-refractivity contribution is 8.10. The maximum Gasteiger partial charge on any atom is 0.0621 e. The molecule has 0 saturated heterocycles. The maximum atomic E-state index is 8.39. The number of hydrogen-bond donors (Lipinski definition) is 0. The first kappa shape index (κ1) is 16.7. The summed E-state index contributed by atoms with van der Waals surface area (Å²) in [5.41, 5.74) is 0. The normalized spacial score (nSPS) is 11.7. The van der Waals surface area contributed by atoms with E-state index in [2.05, 4.69) is 12.1 Å². The molecule has 0 aliphatic carbocycles. The highest BCUT2D eigenvalue weighted by Gasteiger charge is 2.03. The lowest BCUT2D eigenvalue weighted by Crippen LogP contribution is -1.94. The van der Waals surface area contributed by atoms with Gasteiger partial charge < -0.3 is 0 Å². The van der Waals surface area contributed by atoms with Crippen LogP contribution < -0.4 is 0 Å². The smallest absolute Gasteiger partial charge is 0.0621 e. The Labute approximate surface area is 115 Å². The van der Waals surface area contributed by atoms with E-state index in [9.17, 15) is 0 Å². The number of nitrogens with zero attached hydrogens (tertiary/aromatic N) is 2. The summed E-state index contributed by atoms with van der Waals surface area (Å²) in [7, 11) is 0. The molecule has 0 aliphatic heterocycles. The molecule has 0 spiro atoms. The monoisotopic (exact) mass is 269 g/mol. The Kier molecular flexibility index (Phi) is 13.5. The Hall–Kier alpha value is -0.320. The van der Waals surface area contributed by atoms with Crippen LogP contribution in [0.2, 0.25) is 0 Å². The molecule has 95 valence electrons. The van der Waals surface area contributed by atoms with Gasteiger partial charge in [-0.05, 0) is 31.4 Å². The quantitative estimate of drug-likeness (QED) is 0.506. The molecule has 0 rings (SSSR count). The second-order valence-corrected chi connectivity index (χ2v) is 6.20. The van der Waals surface area contributed by atoms with Gasteiger partial charge in [0, 0.05) is 12.8 Å². The van der Waals surface area contributed by atoms with Gasteiger partial charge >= 0.3 is 0 Å². The van der Waals surface area contributed by atoms with Crippen LogP contribution in [0, 0.1) is 22.7 Å². The van der Waals surface area contributed by atoms with Crippen LogP contribution in [0.3, 0.4) is 0 Å². The molecule has 0 amide bonds. The van der Waals surface area contributed by atoms with Crippen LogP contribution in [-0.4, -0.2) is 10.3 Å². The molecule has 4 heteroatoms. The summed E-state index contributed by atoms with van der Waals surface area (Å²) in [6.07, 6.45) is 9.09. The predicted octanol–water partition coefficient (Wildman–Crippen LogP) is 4.80. The third-order valence-electron chi connectivity index (χ3n) is 2.47. The van der Waals surface area contributed by atoms with Crippen molar-refractivity contribution < 1.29 is 0 Å². The second kappa shape index (κ2) is 13.7. The lowest BCUT2D eigenvalue weighted by atomic mass is 10.2. The van der Waals surface area contributed by atoms with Crippen LogP contribution in [0.1, 0.15) is 57.8 Å². The van der Waals surface area contributed by atoms with Crippen molar-refractivity contribution in [3.63, 3.8) is 0 Å². The van der Waals surface area contributed by atoms with Gasteiger partial charge in [-0.3, -0.25) is 0 Å². The third-order valence-corrected chi connectivity index (χ3v) is 4.24. The lowest BCUT2D eigenvalue weighted by Gasteiger charge is -2.08. The maximum absolute atomic E-state index is 8.39. The van der Waals surface area contributed by atoms with E-state index in [1.807, 2.05) is 11.8 Å². The van der Waals surface area contributed by atoms with Gasteiger partial charge in [0.05, 0.1) is 16.7 Å². The standard InChI is InChI=1S/C13H21N2S2/c14-10-6-2-1-3-8-12-17-13(16)9-5-4-7-11-15/h13H,1-9,12H2. The van der Waals surface area contributed by atoms with Crippen molar-refractivity contribution in [1.82, 2.24) is 0 Å². The van der Waals surface area contributed by atoms with E-state index in [1.165, 1.54) is 19.3 Å². The third kappa shape index (κ3) is 13.6. The summed E-state index contributed by atoms with van der Waals surface area (Å²) in [5.74, 6) is 1.14. The first-order valence-electron chi connectivity index (χ1n) is 6.32. The predicted molar refractivity (Wildman–Crippen MR) is 76.6 cm³/mol. The molecule has 0 saturated carbocycles. The summed E-state index contributed by atoms with van der Waals surface area (Å²) in [6, 6.07) is 4.32. The van der Waals surface area contributed by atoms with E-state index in [1.54, 1.807) is 0 Å². The Morgan fingerprint density at radius 2 is 1.47 bits per heavy atom. The van der Waals surface area contributed by atoms with E-state index in [0.717, 1.165) is 31.4 Å². The molecule has 0 aromatic heterocycles. The Morgan fingerprint density at radius 3 is 2.12 bits per heavy atom. The van der Waals surface area contributed by atoms with E-state index in [-0.39, 0.29) is 0 Å². The Morgan fingerprint density at radius 1 is 0.882 bits per heavy atom. The van der Waals surface area contributed by atoms with Crippen LogP contribution in [-0.2, 0) is 0 Å². The van der Waals surface area contributed by atoms with Crippen molar-refractivity contribution in [3.05, 3.63) is 0 Å². The molecule has 17 heavy (non-hydrogen) atoms. The minimum Gasteiger partial charge on any atom is -0.198 e. The van der Waals surface area contributed by atoms with Gasteiger partial charge in [0.15, 0.2) is 0 Å². The van der Waals surface area contributed by atoms with E-state index in [0.29, 0.717) is 17.4 Å². The van der Waals surface area contributed by atoms with Crippen LogP contribution in [0.15, 0.2) is 0 Å². The van der Waals surface area contributed by atoms with Crippen molar-refractivity contribution in [1.29, 1.82) is 10.5 Å². The molecule has 0 bridgehead atoms. The number of unbranched alkanes of at least 4 members (excludes halogenated alkanes) is 6. The Bertz CT molecular complexity index is 243. The molecule has 1 atom stereocenters. The van der Waals surface area contributed by atoms with Crippen LogP contribution in [0.25, 0.3) is 0 Å². The van der Waals surface area contributed by atoms with E-state index in [4.69, 9.17) is 23.2 Å². The molecule has 0 aromatic rings. The summed E-state index contributed by atoms with van der Waals surface area (Å²) in [4.78, 5) is 0. The first-order chi connectivity index (χ1) is 8.31. The highest BCUT2D eigenvalue weighted by atomic mass is 32.2. The largest absolute Gasteiger partial charge is 0.198 e. The molecule has 0 N–H and O–H groups in total. The van der Waals surface area contributed by atoms with Gasteiger partial charge in [-0.25, -0.2) is 0 Å². The van der Waals surface area contributed by atoms with E-state index >= 15 is 0 Å². The van der Waals surface area contributed by atoms with Crippen molar-refractivity contribution in [2.24, 2.45) is 0 Å². The van der Waals surface area contributed by atoms with Gasteiger partial charge in [0.2, 0.25) is 0 Å². The van der Waals surface area contributed by atoms with Gasteiger partial charge in [-0.15, -0.1) is 11.8 Å². The van der Waals surface area contributed by atoms with Gasteiger partial charge in [0.25, 0.3) is 0 Å². The van der Waals surface area contributed by atoms with Crippen molar-refractivity contribution in [3.8, 4) is 12.1 Å². The summed E-state index contributed by atoms with van der Waals surface area (Å²) in [5, 5.41) is 16.8. The van der Waals surface area contributed by atoms with E-state index < -0.39 is 0 Å². The fraction of sp³-hybridized carbons (Fsp3) is 0.846. The first-order valence-corrected chi connectivity index (χ1v) is 7.84. The fourth-order valence-electron chi connectivity index (χ4n) is 1.47. The minimum atomic E-state index is 0.313. The molecular weight excluding hydrogens is 248 g/mol. The number of rotatable bonds is 11. The molecule has 0 heterocycles. The van der Waals surface area contributed by atoms with Crippen LogP contribution >= 0.6 is 24.4 Å². The summed E-state index contributed by atoms with van der Waals surface area (Å²) >= 11 is 7.21. The zero-order valence-corrected chi connectivity index (χ0v) is 12.0.